The summed E-state index contributed by atoms with van der Waals surface area (Å²) in [5.74, 6) is -0.217. The van der Waals surface area contributed by atoms with Gasteiger partial charge in [0.1, 0.15) is 5.82 Å². The van der Waals surface area contributed by atoms with Gasteiger partial charge in [0.05, 0.1) is 0 Å². The van der Waals surface area contributed by atoms with Gasteiger partial charge in [-0.2, -0.15) is 0 Å². The van der Waals surface area contributed by atoms with Crippen molar-refractivity contribution < 1.29 is 4.39 Å². The molecule has 0 aromatic heterocycles. The normalized spacial score (nSPS) is 10.7. The molecule has 5 rings (SSSR count). The Bertz CT molecular complexity index is 1240. The van der Waals surface area contributed by atoms with Crippen LogP contribution < -0.4 is 4.90 Å². The first-order valence-electron chi connectivity index (χ1n) is 10.6. The molecule has 0 bridgehead atoms. The number of hydrogen-bond acceptors (Lipinski definition) is 1. The molecule has 5 aromatic carbocycles. The zero-order valence-corrected chi connectivity index (χ0v) is 17.5. The first-order valence-corrected chi connectivity index (χ1v) is 10.6. The van der Waals surface area contributed by atoms with E-state index in [1.54, 1.807) is 12.1 Å². The number of benzene rings is 5. The Morgan fingerprint density at radius 1 is 0.344 bits per heavy atom. The molecule has 0 aliphatic rings. The maximum absolute atomic E-state index is 13.2. The molecular formula is C30H22FN. The third-order valence-electron chi connectivity index (χ3n) is 5.55. The van der Waals surface area contributed by atoms with Gasteiger partial charge in [-0.15, -0.1) is 0 Å². The van der Waals surface area contributed by atoms with E-state index in [9.17, 15) is 4.39 Å². The van der Waals surface area contributed by atoms with Crippen LogP contribution in [0.5, 0.6) is 0 Å². The minimum Gasteiger partial charge on any atom is -0.311 e. The van der Waals surface area contributed by atoms with Crippen molar-refractivity contribution in [3.05, 3.63) is 139 Å². The second-order valence-electron chi connectivity index (χ2n) is 7.64. The molecule has 0 fully saturated rings. The SMILES string of the molecule is Fc1ccc(-c2ccc(-c3ccc(N(c4ccccc4)c4ccccc4)cc3)cc2)cc1. The largest absolute Gasteiger partial charge is 0.311 e. The van der Waals surface area contributed by atoms with Crippen LogP contribution in [-0.2, 0) is 0 Å². The van der Waals surface area contributed by atoms with Gasteiger partial charge in [0.2, 0.25) is 0 Å². The maximum Gasteiger partial charge on any atom is 0.123 e. The van der Waals surface area contributed by atoms with Crippen LogP contribution in [0.1, 0.15) is 0 Å². The standard InChI is InChI=1S/C30H22FN/c31-27-19-15-25(16-20-27)23-11-13-24(14-12-23)26-17-21-30(22-18-26)32(28-7-3-1-4-8-28)29-9-5-2-6-10-29/h1-22H. The summed E-state index contributed by atoms with van der Waals surface area (Å²) < 4.78 is 13.2. The smallest absolute Gasteiger partial charge is 0.123 e. The van der Waals surface area contributed by atoms with Crippen LogP contribution in [0.15, 0.2) is 133 Å². The highest BCUT2D eigenvalue weighted by Gasteiger charge is 2.11. The number of nitrogens with zero attached hydrogens (tertiary/aromatic N) is 1. The van der Waals surface area contributed by atoms with Crippen LogP contribution in [0.25, 0.3) is 22.3 Å². The highest BCUT2D eigenvalue weighted by molar-refractivity contribution is 5.78. The summed E-state index contributed by atoms with van der Waals surface area (Å²) in [7, 11) is 0. The van der Waals surface area contributed by atoms with Gasteiger partial charge in [-0.3, -0.25) is 0 Å². The third kappa shape index (κ3) is 4.17. The van der Waals surface area contributed by atoms with Crippen molar-refractivity contribution in [2.45, 2.75) is 0 Å². The molecule has 5 aromatic rings. The topological polar surface area (TPSA) is 3.24 Å². The van der Waals surface area contributed by atoms with Crippen molar-refractivity contribution in [2.24, 2.45) is 0 Å². The Balaban J connectivity index is 1.44. The molecule has 0 aliphatic carbocycles. The molecule has 2 heteroatoms. The van der Waals surface area contributed by atoms with Crippen LogP contribution in [0.4, 0.5) is 21.5 Å². The Kier molecular flexibility index (Phi) is 5.50. The molecule has 0 radical (unpaired) electrons. The van der Waals surface area contributed by atoms with E-state index in [4.69, 9.17) is 0 Å². The first-order chi connectivity index (χ1) is 15.8. The highest BCUT2D eigenvalue weighted by atomic mass is 19.1. The number of halogens is 1. The van der Waals surface area contributed by atoms with Gasteiger partial charge in [0.25, 0.3) is 0 Å². The van der Waals surface area contributed by atoms with Gasteiger partial charge in [-0.05, 0) is 70.8 Å². The lowest BCUT2D eigenvalue weighted by atomic mass is 10.00. The quantitative estimate of drug-likeness (QED) is 0.278. The van der Waals surface area contributed by atoms with E-state index in [2.05, 4.69) is 102 Å². The van der Waals surface area contributed by atoms with E-state index >= 15 is 0 Å². The molecule has 0 N–H and O–H groups in total. The Morgan fingerprint density at radius 3 is 1.06 bits per heavy atom. The van der Waals surface area contributed by atoms with Crippen molar-refractivity contribution in [1.29, 1.82) is 0 Å². The molecule has 0 aliphatic heterocycles. The summed E-state index contributed by atoms with van der Waals surface area (Å²) in [5.41, 5.74) is 7.73. The predicted molar refractivity (Wildman–Crippen MR) is 132 cm³/mol. The molecule has 32 heavy (non-hydrogen) atoms. The minimum absolute atomic E-state index is 0.217. The average Bonchev–Trinajstić information content (AvgIpc) is 2.87. The summed E-state index contributed by atoms with van der Waals surface area (Å²) in [4.78, 5) is 2.25. The van der Waals surface area contributed by atoms with E-state index in [0.717, 1.165) is 39.3 Å². The molecule has 0 saturated heterocycles. The van der Waals surface area contributed by atoms with E-state index in [1.165, 1.54) is 12.1 Å². The van der Waals surface area contributed by atoms with Crippen LogP contribution in [0.2, 0.25) is 0 Å². The molecule has 0 spiro atoms. The molecule has 0 saturated carbocycles. The molecular weight excluding hydrogens is 393 g/mol. The van der Waals surface area contributed by atoms with Gasteiger partial charge in [-0.25, -0.2) is 4.39 Å². The zero-order valence-electron chi connectivity index (χ0n) is 17.5. The second kappa shape index (κ2) is 8.91. The minimum atomic E-state index is -0.217. The van der Waals surface area contributed by atoms with Crippen molar-refractivity contribution in [1.82, 2.24) is 0 Å². The van der Waals surface area contributed by atoms with E-state index in [1.807, 2.05) is 12.1 Å². The van der Waals surface area contributed by atoms with Crippen molar-refractivity contribution in [3.8, 4) is 22.3 Å². The Labute approximate surface area is 188 Å². The van der Waals surface area contributed by atoms with Crippen molar-refractivity contribution in [2.75, 3.05) is 4.90 Å². The number of para-hydroxylation sites is 2. The monoisotopic (exact) mass is 415 g/mol. The van der Waals surface area contributed by atoms with Gasteiger partial charge in [0, 0.05) is 17.1 Å². The molecule has 0 unspecified atom stereocenters. The lowest BCUT2D eigenvalue weighted by Gasteiger charge is -2.25. The van der Waals surface area contributed by atoms with Crippen molar-refractivity contribution >= 4 is 17.1 Å². The molecule has 0 atom stereocenters. The van der Waals surface area contributed by atoms with E-state index in [-0.39, 0.29) is 5.82 Å². The number of rotatable bonds is 5. The Hall–Kier alpha value is -4.17. The second-order valence-corrected chi connectivity index (χ2v) is 7.64. The lowest BCUT2D eigenvalue weighted by Crippen LogP contribution is -2.09. The van der Waals surface area contributed by atoms with Crippen LogP contribution in [0.3, 0.4) is 0 Å². The predicted octanol–water partition coefficient (Wildman–Crippen LogP) is 8.63. The maximum atomic E-state index is 13.2. The lowest BCUT2D eigenvalue weighted by molar-refractivity contribution is 0.628. The van der Waals surface area contributed by atoms with Crippen LogP contribution in [0, 0.1) is 5.82 Å². The van der Waals surface area contributed by atoms with Gasteiger partial charge in [-0.1, -0.05) is 84.9 Å². The Morgan fingerprint density at radius 2 is 0.656 bits per heavy atom. The molecule has 154 valence electrons. The number of hydrogen-bond donors (Lipinski definition) is 0. The van der Waals surface area contributed by atoms with E-state index in [0.29, 0.717) is 0 Å². The highest BCUT2D eigenvalue weighted by Crippen LogP contribution is 2.35. The van der Waals surface area contributed by atoms with Gasteiger partial charge < -0.3 is 4.90 Å². The number of anilines is 3. The van der Waals surface area contributed by atoms with Crippen LogP contribution in [-0.4, -0.2) is 0 Å². The summed E-state index contributed by atoms with van der Waals surface area (Å²) in [6, 6.07) is 44.4. The fraction of sp³-hybridized carbons (Fsp3) is 0. The third-order valence-corrected chi connectivity index (χ3v) is 5.55. The van der Waals surface area contributed by atoms with E-state index < -0.39 is 0 Å². The van der Waals surface area contributed by atoms with Crippen molar-refractivity contribution in [3.63, 3.8) is 0 Å². The zero-order chi connectivity index (χ0) is 21.8. The fourth-order valence-corrected chi connectivity index (χ4v) is 3.90. The van der Waals surface area contributed by atoms with Crippen LogP contribution >= 0.6 is 0 Å². The first kappa shape index (κ1) is 19.8. The van der Waals surface area contributed by atoms with Gasteiger partial charge in [0.15, 0.2) is 0 Å². The fourth-order valence-electron chi connectivity index (χ4n) is 3.90. The molecule has 0 amide bonds. The molecule has 0 heterocycles. The van der Waals surface area contributed by atoms with Gasteiger partial charge >= 0.3 is 0 Å². The summed E-state index contributed by atoms with van der Waals surface area (Å²) in [5, 5.41) is 0. The average molecular weight is 416 g/mol. The summed E-state index contributed by atoms with van der Waals surface area (Å²) in [6.07, 6.45) is 0. The summed E-state index contributed by atoms with van der Waals surface area (Å²) in [6.45, 7) is 0. The molecule has 1 nitrogen and oxygen atoms in total. The summed E-state index contributed by atoms with van der Waals surface area (Å²) >= 11 is 0.